The van der Waals surface area contributed by atoms with Crippen LogP contribution < -0.4 is 14.8 Å². The maximum absolute atomic E-state index is 13.1. The topological polar surface area (TPSA) is 122 Å². The number of hydrogen-bond acceptors (Lipinski definition) is 6. The first-order valence-electron chi connectivity index (χ1n) is 11.3. The van der Waals surface area contributed by atoms with Crippen LogP contribution in [0.5, 0.6) is 5.75 Å². The lowest BCUT2D eigenvalue weighted by Crippen LogP contribution is -2.28. The van der Waals surface area contributed by atoms with Gasteiger partial charge in [-0.3, -0.25) is 9.52 Å². The maximum atomic E-state index is 13.1. The molecule has 1 aliphatic heterocycles. The van der Waals surface area contributed by atoms with E-state index in [0.29, 0.717) is 24.4 Å². The number of carbonyl (C=O) groups excluding carboxylic acids is 1. The van der Waals surface area contributed by atoms with E-state index in [-0.39, 0.29) is 26.7 Å². The molecule has 3 aromatic carbocycles. The molecule has 0 atom stereocenters. The molecule has 1 fully saturated rings. The van der Waals surface area contributed by atoms with Crippen LogP contribution in [-0.2, 0) is 20.0 Å². The van der Waals surface area contributed by atoms with Gasteiger partial charge in [-0.25, -0.2) is 16.8 Å². The predicted octanol–water partition coefficient (Wildman–Crippen LogP) is 3.84. The van der Waals surface area contributed by atoms with Crippen LogP contribution >= 0.6 is 0 Å². The van der Waals surface area contributed by atoms with E-state index in [9.17, 15) is 21.6 Å². The molecule has 0 bridgehead atoms. The Bertz CT molecular complexity index is 1480. The van der Waals surface area contributed by atoms with Gasteiger partial charge in [0.05, 0.1) is 28.3 Å². The van der Waals surface area contributed by atoms with E-state index >= 15 is 0 Å². The molecule has 0 radical (unpaired) electrons. The number of methoxy groups -OCH3 is 1. The van der Waals surface area contributed by atoms with Crippen molar-refractivity contribution in [2.24, 2.45) is 0 Å². The largest absolute Gasteiger partial charge is 0.495 e. The average molecular weight is 530 g/mol. The fourth-order valence-electron chi connectivity index (χ4n) is 3.89. The zero-order valence-corrected chi connectivity index (χ0v) is 21.5. The third-order valence-corrected chi connectivity index (χ3v) is 9.20. The summed E-state index contributed by atoms with van der Waals surface area (Å²) in [5.41, 5.74) is 1.25. The fourth-order valence-corrected chi connectivity index (χ4v) is 6.58. The number of sulfonamides is 2. The van der Waals surface area contributed by atoms with Crippen molar-refractivity contribution in [3.8, 4) is 5.75 Å². The first kappa shape index (κ1) is 25.7. The number of hydrogen-bond donors (Lipinski definition) is 2. The van der Waals surface area contributed by atoms with Crippen LogP contribution in [0.15, 0.2) is 76.5 Å². The molecule has 2 N–H and O–H groups in total. The molecule has 0 aliphatic carbocycles. The first-order valence-corrected chi connectivity index (χ1v) is 14.2. The molecule has 36 heavy (non-hydrogen) atoms. The van der Waals surface area contributed by atoms with Crippen molar-refractivity contribution < 1.29 is 26.4 Å². The molecule has 0 unspecified atom stereocenters. The molecule has 1 heterocycles. The lowest BCUT2D eigenvalue weighted by Gasteiger charge is -2.18. The van der Waals surface area contributed by atoms with Gasteiger partial charge in [0.2, 0.25) is 10.0 Å². The average Bonchev–Trinajstić information content (AvgIpc) is 3.42. The number of anilines is 2. The number of nitrogens with one attached hydrogen (secondary N) is 2. The number of amides is 1. The molecule has 9 nitrogen and oxygen atoms in total. The number of ether oxygens (including phenoxy) is 1. The zero-order chi connectivity index (χ0) is 25.9. The van der Waals surface area contributed by atoms with Crippen LogP contribution in [0.1, 0.15) is 28.8 Å². The standard InChI is InChI=1S/C25H27N3O6S2/c1-18-10-11-19(16-22(18)27-35(30,31)20-8-4-3-5-9-20)25(29)26-23-17-21(12-13-24(23)34-2)36(32,33)28-14-6-7-15-28/h3-5,8-13,16-17,27H,6-7,14-15H2,1-2H3,(H,26,29). The van der Waals surface area contributed by atoms with Crippen LogP contribution in [0.2, 0.25) is 0 Å². The molecule has 11 heteroatoms. The van der Waals surface area contributed by atoms with Crippen molar-refractivity contribution in [2.45, 2.75) is 29.6 Å². The third kappa shape index (κ3) is 5.38. The molecule has 4 rings (SSSR count). The zero-order valence-electron chi connectivity index (χ0n) is 19.9. The Morgan fingerprint density at radius 2 is 1.56 bits per heavy atom. The lowest BCUT2D eigenvalue weighted by atomic mass is 10.1. The summed E-state index contributed by atoms with van der Waals surface area (Å²) in [6, 6.07) is 16.8. The summed E-state index contributed by atoms with van der Waals surface area (Å²) < 4.78 is 60.8. The van der Waals surface area contributed by atoms with Crippen LogP contribution in [0.3, 0.4) is 0 Å². The predicted molar refractivity (Wildman–Crippen MR) is 137 cm³/mol. The second-order valence-corrected chi connectivity index (χ2v) is 12.0. The van der Waals surface area contributed by atoms with E-state index in [1.54, 1.807) is 37.3 Å². The van der Waals surface area contributed by atoms with E-state index < -0.39 is 26.0 Å². The Hall–Kier alpha value is -3.41. The second kappa shape index (κ2) is 10.3. The molecule has 1 aliphatic rings. The van der Waals surface area contributed by atoms with Crippen molar-refractivity contribution in [3.63, 3.8) is 0 Å². The molecule has 0 spiro atoms. The first-order chi connectivity index (χ1) is 17.1. The minimum absolute atomic E-state index is 0.0562. The lowest BCUT2D eigenvalue weighted by molar-refractivity contribution is 0.102. The van der Waals surface area contributed by atoms with Crippen molar-refractivity contribution in [1.29, 1.82) is 0 Å². The SMILES string of the molecule is COc1ccc(S(=O)(=O)N2CCCC2)cc1NC(=O)c1ccc(C)c(NS(=O)(=O)c2ccccc2)c1. The summed E-state index contributed by atoms with van der Waals surface area (Å²) >= 11 is 0. The maximum Gasteiger partial charge on any atom is 0.261 e. The summed E-state index contributed by atoms with van der Waals surface area (Å²) in [6.45, 7) is 2.64. The smallest absolute Gasteiger partial charge is 0.261 e. The van der Waals surface area contributed by atoms with E-state index in [0.717, 1.165) is 12.8 Å². The van der Waals surface area contributed by atoms with Crippen molar-refractivity contribution in [2.75, 3.05) is 30.2 Å². The molecule has 190 valence electrons. The van der Waals surface area contributed by atoms with Crippen molar-refractivity contribution in [3.05, 3.63) is 77.9 Å². The molecular formula is C25H27N3O6S2. The molecular weight excluding hydrogens is 502 g/mol. The van der Waals surface area contributed by atoms with Gasteiger partial charge in [0.1, 0.15) is 5.75 Å². The minimum atomic E-state index is -3.85. The van der Waals surface area contributed by atoms with Gasteiger partial charge in [0.25, 0.3) is 15.9 Å². The van der Waals surface area contributed by atoms with E-state index in [4.69, 9.17) is 4.74 Å². The van der Waals surface area contributed by atoms with Crippen molar-refractivity contribution in [1.82, 2.24) is 4.31 Å². The monoisotopic (exact) mass is 529 g/mol. The second-order valence-electron chi connectivity index (χ2n) is 8.38. The highest BCUT2D eigenvalue weighted by Crippen LogP contribution is 2.31. The molecule has 3 aromatic rings. The highest BCUT2D eigenvalue weighted by molar-refractivity contribution is 7.92. The van der Waals surface area contributed by atoms with E-state index in [1.807, 2.05) is 0 Å². The van der Waals surface area contributed by atoms with Gasteiger partial charge in [0.15, 0.2) is 0 Å². The Kier molecular flexibility index (Phi) is 7.34. The Morgan fingerprint density at radius 3 is 2.22 bits per heavy atom. The highest BCUT2D eigenvalue weighted by Gasteiger charge is 2.28. The van der Waals surface area contributed by atoms with Gasteiger partial charge in [-0.1, -0.05) is 24.3 Å². The molecule has 1 saturated heterocycles. The summed E-state index contributed by atoms with van der Waals surface area (Å²) in [4.78, 5) is 13.2. The number of benzene rings is 3. The van der Waals surface area contributed by atoms with Gasteiger partial charge < -0.3 is 10.1 Å². The molecule has 0 saturated carbocycles. The van der Waals surface area contributed by atoms with Crippen LogP contribution in [-0.4, -0.2) is 47.2 Å². The van der Waals surface area contributed by atoms with Crippen LogP contribution in [0.4, 0.5) is 11.4 Å². The minimum Gasteiger partial charge on any atom is -0.495 e. The Balaban J connectivity index is 1.60. The number of nitrogens with zero attached hydrogens (tertiary/aromatic N) is 1. The Morgan fingerprint density at radius 1 is 0.861 bits per heavy atom. The van der Waals surface area contributed by atoms with E-state index in [1.165, 1.54) is 47.8 Å². The van der Waals surface area contributed by atoms with Crippen molar-refractivity contribution >= 4 is 37.3 Å². The summed E-state index contributed by atoms with van der Waals surface area (Å²) in [5.74, 6) is -0.259. The molecule has 0 aromatic heterocycles. The third-order valence-electron chi connectivity index (χ3n) is 5.92. The molecule has 1 amide bonds. The van der Waals surface area contributed by atoms with Crippen LogP contribution in [0.25, 0.3) is 0 Å². The van der Waals surface area contributed by atoms with Gasteiger partial charge in [-0.15, -0.1) is 0 Å². The van der Waals surface area contributed by atoms with Gasteiger partial charge in [-0.2, -0.15) is 4.31 Å². The quantitative estimate of drug-likeness (QED) is 0.457. The Labute approximate surface area is 211 Å². The fraction of sp³-hybridized carbons (Fsp3) is 0.240. The van der Waals surface area contributed by atoms with Gasteiger partial charge >= 0.3 is 0 Å². The summed E-state index contributed by atoms with van der Waals surface area (Å²) in [5, 5.41) is 2.70. The van der Waals surface area contributed by atoms with Gasteiger partial charge in [-0.05, 0) is 67.8 Å². The highest BCUT2D eigenvalue weighted by atomic mass is 32.2. The number of rotatable bonds is 8. The number of aryl methyl sites for hydroxylation is 1. The van der Waals surface area contributed by atoms with Gasteiger partial charge in [0, 0.05) is 18.7 Å². The van der Waals surface area contributed by atoms with Crippen LogP contribution in [0, 0.1) is 6.92 Å². The van der Waals surface area contributed by atoms with E-state index in [2.05, 4.69) is 10.0 Å². The summed E-state index contributed by atoms with van der Waals surface area (Å²) in [7, 11) is -6.13. The summed E-state index contributed by atoms with van der Waals surface area (Å²) in [6.07, 6.45) is 1.62. The normalized spacial score (nSPS) is 14.4. The number of carbonyl (C=O) groups is 1.